The van der Waals surface area contributed by atoms with E-state index in [-0.39, 0.29) is 16.8 Å². The van der Waals surface area contributed by atoms with Crippen LogP contribution >= 0.6 is 11.3 Å². The molecule has 0 unspecified atom stereocenters. The highest BCUT2D eigenvalue weighted by molar-refractivity contribution is 7.89. The number of aryl methyl sites for hydroxylation is 1. The first-order valence-electron chi connectivity index (χ1n) is 9.97. The third kappa shape index (κ3) is 4.08. The zero-order valence-electron chi connectivity index (χ0n) is 17.0. The predicted molar refractivity (Wildman–Crippen MR) is 119 cm³/mol. The molecule has 1 saturated heterocycles. The third-order valence-electron chi connectivity index (χ3n) is 5.58. The Labute approximate surface area is 181 Å². The van der Waals surface area contributed by atoms with E-state index in [4.69, 9.17) is 0 Å². The van der Waals surface area contributed by atoms with Gasteiger partial charge in [0.2, 0.25) is 10.0 Å². The molecule has 158 valence electrons. The molecule has 4 rings (SSSR count). The summed E-state index contributed by atoms with van der Waals surface area (Å²) in [5, 5.41) is 0.937. The van der Waals surface area contributed by atoms with Crippen LogP contribution in [0.1, 0.15) is 33.6 Å². The Bertz CT molecular complexity index is 1130. The molecule has 0 spiro atoms. The number of nitrogens with one attached hydrogen (secondary N) is 1. The number of nitrogens with zero attached hydrogens (tertiary/aromatic N) is 2. The van der Waals surface area contributed by atoms with Gasteiger partial charge in [0.05, 0.1) is 10.5 Å². The lowest BCUT2D eigenvalue weighted by Crippen LogP contribution is -2.46. The van der Waals surface area contributed by atoms with Gasteiger partial charge in [-0.15, -0.1) is 11.3 Å². The molecule has 0 radical (unpaired) electrons. The minimum Gasteiger partial charge on any atom is -0.338 e. The summed E-state index contributed by atoms with van der Waals surface area (Å²) in [6.45, 7) is 5.09. The Morgan fingerprint density at radius 3 is 2.30 bits per heavy atom. The molecule has 3 heterocycles. The summed E-state index contributed by atoms with van der Waals surface area (Å²) < 4.78 is 29.9. The summed E-state index contributed by atoms with van der Waals surface area (Å²) in [6.07, 6.45) is 5.09. The van der Waals surface area contributed by atoms with Gasteiger partial charge < -0.3 is 9.47 Å². The van der Waals surface area contributed by atoms with Crippen LogP contribution in [0.25, 0.3) is 5.00 Å². The Morgan fingerprint density at radius 2 is 1.67 bits per heavy atom. The quantitative estimate of drug-likeness (QED) is 0.653. The van der Waals surface area contributed by atoms with Crippen molar-refractivity contribution in [1.82, 2.24) is 14.2 Å². The first-order chi connectivity index (χ1) is 14.4. The van der Waals surface area contributed by atoms with Crippen LogP contribution < -0.4 is 4.72 Å². The molecule has 8 heteroatoms. The van der Waals surface area contributed by atoms with E-state index < -0.39 is 10.0 Å². The number of hydrogen-bond acceptors (Lipinski definition) is 4. The lowest BCUT2D eigenvalue weighted by molar-refractivity contribution is 0.0711. The molecule has 2 aromatic heterocycles. The number of rotatable bonds is 5. The van der Waals surface area contributed by atoms with Crippen LogP contribution in [-0.2, 0) is 10.0 Å². The summed E-state index contributed by atoms with van der Waals surface area (Å²) in [6, 6.07) is 12.1. The molecule has 0 aliphatic carbocycles. The standard InChI is InChI=1S/C22H25N3O3S2/c1-16-17(2)29-22(25-12-6-7-13-25)20(16)21(26)24-14-10-18(11-15-24)23-30(27,28)19-8-4-3-5-9-19/h3-9,12-13,18,23H,10-11,14-15H2,1-2H3. The molecule has 1 fully saturated rings. The highest BCUT2D eigenvalue weighted by atomic mass is 32.2. The fraction of sp³-hybridized carbons (Fsp3) is 0.318. The number of sulfonamides is 1. The van der Waals surface area contributed by atoms with Crippen LogP contribution in [0.2, 0.25) is 0 Å². The number of carbonyl (C=O) groups excluding carboxylic acids is 1. The second kappa shape index (κ2) is 8.37. The number of thiophene rings is 1. The molecule has 3 aromatic rings. The van der Waals surface area contributed by atoms with Gasteiger partial charge in [-0.1, -0.05) is 18.2 Å². The van der Waals surface area contributed by atoms with Crippen LogP contribution in [0.15, 0.2) is 59.8 Å². The molecular weight excluding hydrogens is 418 g/mol. The Kier molecular flexibility index (Phi) is 5.81. The van der Waals surface area contributed by atoms with Crippen molar-refractivity contribution in [2.24, 2.45) is 0 Å². The van der Waals surface area contributed by atoms with Gasteiger partial charge in [-0.2, -0.15) is 0 Å². The van der Waals surface area contributed by atoms with Crippen molar-refractivity contribution in [2.75, 3.05) is 13.1 Å². The fourth-order valence-electron chi connectivity index (χ4n) is 3.76. The van der Waals surface area contributed by atoms with Gasteiger partial charge in [-0.25, -0.2) is 13.1 Å². The first kappa shape index (κ1) is 20.8. The number of hydrogen-bond donors (Lipinski definition) is 1. The monoisotopic (exact) mass is 443 g/mol. The van der Waals surface area contributed by atoms with Crippen molar-refractivity contribution >= 4 is 27.3 Å². The van der Waals surface area contributed by atoms with Crippen molar-refractivity contribution in [3.63, 3.8) is 0 Å². The molecule has 1 aliphatic rings. The van der Waals surface area contributed by atoms with E-state index in [0.29, 0.717) is 25.9 Å². The number of carbonyl (C=O) groups is 1. The van der Waals surface area contributed by atoms with Crippen molar-refractivity contribution in [2.45, 2.75) is 37.6 Å². The second-order valence-electron chi connectivity index (χ2n) is 7.55. The molecule has 30 heavy (non-hydrogen) atoms. The normalized spacial score (nSPS) is 15.5. The first-order valence-corrected chi connectivity index (χ1v) is 12.3. The zero-order valence-corrected chi connectivity index (χ0v) is 18.7. The van der Waals surface area contributed by atoms with Crippen LogP contribution in [0.3, 0.4) is 0 Å². The number of piperidine rings is 1. The lowest BCUT2D eigenvalue weighted by atomic mass is 10.0. The largest absolute Gasteiger partial charge is 0.338 e. The number of aromatic nitrogens is 1. The smallest absolute Gasteiger partial charge is 0.257 e. The molecule has 0 bridgehead atoms. The van der Waals surface area contributed by atoms with Crippen LogP contribution in [0.4, 0.5) is 0 Å². The van der Waals surface area contributed by atoms with Gasteiger partial charge in [0, 0.05) is 36.4 Å². The summed E-state index contributed by atoms with van der Waals surface area (Å²) in [5.74, 6) is 0.0184. The fourth-order valence-corrected chi connectivity index (χ4v) is 6.20. The molecule has 0 atom stereocenters. The minimum absolute atomic E-state index is 0.0184. The van der Waals surface area contributed by atoms with E-state index in [9.17, 15) is 13.2 Å². The van der Waals surface area contributed by atoms with Crippen molar-refractivity contribution < 1.29 is 13.2 Å². The zero-order chi connectivity index (χ0) is 21.3. The van der Waals surface area contributed by atoms with Gasteiger partial charge in [0.1, 0.15) is 5.00 Å². The topological polar surface area (TPSA) is 71.4 Å². The lowest BCUT2D eigenvalue weighted by Gasteiger charge is -2.32. The van der Waals surface area contributed by atoms with E-state index in [1.165, 1.54) is 0 Å². The van der Waals surface area contributed by atoms with Crippen molar-refractivity contribution in [3.8, 4) is 5.00 Å². The Morgan fingerprint density at radius 1 is 1.03 bits per heavy atom. The summed E-state index contributed by atoms with van der Waals surface area (Å²) in [4.78, 5) is 16.6. The molecule has 1 aromatic carbocycles. The number of likely N-dealkylation sites (tertiary alicyclic amines) is 1. The summed E-state index contributed by atoms with van der Waals surface area (Å²) >= 11 is 1.62. The van der Waals surface area contributed by atoms with Gasteiger partial charge >= 0.3 is 0 Å². The van der Waals surface area contributed by atoms with Crippen molar-refractivity contribution in [1.29, 1.82) is 0 Å². The maximum absolute atomic E-state index is 13.3. The van der Waals surface area contributed by atoms with Gasteiger partial charge in [0.15, 0.2) is 0 Å². The van der Waals surface area contributed by atoms with Crippen LogP contribution in [0.5, 0.6) is 0 Å². The molecule has 1 amide bonds. The Hall–Kier alpha value is -2.42. The Balaban J connectivity index is 1.46. The molecular formula is C22H25N3O3S2. The predicted octanol–water partition coefficient (Wildman–Crippen LogP) is 3.74. The maximum atomic E-state index is 13.3. The second-order valence-corrected chi connectivity index (χ2v) is 10.5. The third-order valence-corrected chi connectivity index (χ3v) is 8.33. The van der Waals surface area contributed by atoms with E-state index in [0.717, 1.165) is 21.0 Å². The molecule has 6 nitrogen and oxygen atoms in total. The van der Waals surface area contributed by atoms with Gasteiger partial charge in [-0.3, -0.25) is 4.79 Å². The average molecular weight is 444 g/mol. The average Bonchev–Trinajstić information content (AvgIpc) is 3.37. The van der Waals surface area contributed by atoms with Crippen LogP contribution in [0, 0.1) is 13.8 Å². The number of amides is 1. The van der Waals surface area contributed by atoms with Gasteiger partial charge in [0.25, 0.3) is 5.91 Å². The summed E-state index contributed by atoms with van der Waals surface area (Å²) in [5.41, 5.74) is 1.76. The highest BCUT2D eigenvalue weighted by Gasteiger charge is 2.30. The minimum atomic E-state index is -3.54. The molecule has 1 aliphatic heterocycles. The van der Waals surface area contributed by atoms with E-state index >= 15 is 0 Å². The van der Waals surface area contributed by atoms with E-state index in [2.05, 4.69) is 4.72 Å². The maximum Gasteiger partial charge on any atom is 0.257 e. The molecule has 1 N–H and O–H groups in total. The van der Waals surface area contributed by atoms with Crippen LogP contribution in [-0.4, -0.2) is 42.9 Å². The SMILES string of the molecule is Cc1sc(-n2cccc2)c(C(=O)N2CCC(NS(=O)(=O)c3ccccc3)CC2)c1C. The number of benzene rings is 1. The van der Waals surface area contributed by atoms with Crippen molar-refractivity contribution in [3.05, 3.63) is 70.9 Å². The highest BCUT2D eigenvalue weighted by Crippen LogP contribution is 2.32. The summed E-state index contributed by atoms with van der Waals surface area (Å²) in [7, 11) is -3.54. The van der Waals surface area contributed by atoms with Gasteiger partial charge in [-0.05, 0) is 56.5 Å². The van der Waals surface area contributed by atoms with E-state index in [1.54, 1.807) is 41.7 Å². The molecule has 0 saturated carbocycles. The van der Waals surface area contributed by atoms with E-state index in [1.807, 2.05) is 47.8 Å².